The maximum atomic E-state index is 15.3. The van der Waals surface area contributed by atoms with Crippen LogP contribution in [0.2, 0.25) is 0 Å². The van der Waals surface area contributed by atoms with Crippen molar-refractivity contribution in [3.63, 3.8) is 0 Å². The van der Waals surface area contributed by atoms with Crippen LogP contribution in [0, 0.1) is 148 Å². The van der Waals surface area contributed by atoms with Gasteiger partial charge in [0.15, 0.2) is 105 Å². The molecule has 0 aliphatic carbocycles. The van der Waals surface area contributed by atoms with Gasteiger partial charge in [-0.25, -0.2) is 112 Å². The highest BCUT2D eigenvalue weighted by Crippen LogP contribution is 2.39. The van der Waals surface area contributed by atoms with Crippen molar-refractivity contribution in [2.75, 3.05) is 0 Å². The summed E-state index contributed by atoms with van der Waals surface area (Å²) < 4.78 is 181. The van der Waals surface area contributed by atoms with Crippen LogP contribution in [0.3, 0.4) is 0 Å². The lowest BCUT2D eigenvalue weighted by Gasteiger charge is -2.11. The van der Waals surface area contributed by atoms with Gasteiger partial charge in [-0.2, -0.15) is 21.0 Å². The van der Waals surface area contributed by atoms with Crippen LogP contribution in [0.15, 0.2) is 83.8 Å². The Morgan fingerprint density at radius 1 is 0.398 bits per heavy atom. The SMILES string of the molecule is [C-]#[N+]/C(=C1/N=c2ccc(-c3nc(-c4ccc5c(c4C#N)=N/C(=C(\C#N)c4c(F)c(F)c([N+]#[C-])c(F)c4F)N=5)nc(-c4ccc5c(c4C#N)=N/C(=C(\C#N)c4c(F)c(F)c([N+]#[C-])c(F)c4F)N=5)n3)c([N+]#[C-])c2=N1)c1c(F)c(F)c(C)c(F)c1F. The molecule has 10 rings (SSSR count). The fraction of sp³-hybridized carbons (Fsp3) is 0.0185. The van der Waals surface area contributed by atoms with E-state index in [-0.39, 0.29) is 32.8 Å². The van der Waals surface area contributed by atoms with Crippen molar-refractivity contribution in [1.82, 2.24) is 15.0 Å². The molecule has 0 atom stereocenters. The van der Waals surface area contributed by atoms with Gasteiger partial charge in [-0.15, -0.1) is 0 Å². The van der Waals surface area contributed by atoms with E-state index in [9.17, 15) is 47.4 Å². The molecule has 17 nitrogen and oxygen atoms in total. The summed E-state index contributed by atoms with van der Waals surface area (Å²) in [5, 5.41) is 39.3. The van der Waals surface area contributed by atoms with Crippen molar-refractivity contribution in [2.24, 2.45) is 30.0 Å². The Labute approximate surface area is 451 Å². The van der Waals surface area contributed by atoms with Crippen molar-refractivity contribution < 1.29 is 52.7 Å². The van der Waals surface area contributed by atoms with Crippen molar-refractivity contribution in [2.45, 2.75) is 6.92 Å². The molecule has 0 fully saturated rings. The van der Waals surface area contributed by atoms with E-state index < -0.39 is 188 Å². The standard InChI is InChI=1S/C54H9F12N17/c1-16-30(55)36(61)29(37(62)31(16)56)46(72-3)54-77-26-11-8-19(44(71-2)45(26)80-54)51-82-49(17-6-9-24-42(20(17)12-67)78-52(75-24)22(14-69)27-32(57)38(63)47(73-4)39(64)33(27)58)81-50(83-51)18-7-10-25-43(21(18)13-68)79-53(76-25)23(15-70)28-34(59)40(65)48(74-5)41(66)35(28)60/h6-11H,1H3/b52-22+,53-23+,54-46-. The fourth-order valence-electron chi connectivity index (χ4n) is 8.51. The maximum Gasteiger partial charge on any atom is 0.262 e. The summed E-state index contributed by atoms with van der Waals surface area (Å²) in [5.41, 5.74) is -15.3. The zero-order chi connectivity index (χ0) is 59.8. The van der Waals surface area contributed by atoms with Gasteiger partial charge in [0.2, 0.25) is 11.4 Å². The summed E-state index contributed by atoms with van der Waals surface area (Å²) >= 11 is 0. The van der Waals surface area contributed by atoms with Crippen molar-refractivity contribution in [3.05, 3.63) is 235 Å². The van der Waals surface area contributed by atoms with Crippen LogP contribution in [0.1, 0.15) is 33.4 Å². The number of fused-ring (bicyclic) bond motifs is 3. The lowest BCUT2D eigenvalue weighted by atomic mass is 10.0. The van der Waals surface area contributed by atoms with Crippen molar-refractivity contribution in [3.8, 4) is 58.4 Å². The zero-order valence-electron chi connectivity index (χ0n) is 40.1. The lowest BCUT2D eigenvalue weighted by molar-refractivity contribution is 0.441. The number of nitrogens with zero attached hydrogens (tertiary/aromatic N) is 17. The summed E-state index contributed by atoms with van der Waals surface area (Å²) in [7, 11) is 0. The second-order valence-electron chi connectivity index (χ2n) is 16.7. The molecule has 6 aromatic carbocycles. The van der Waals surface area contributed by atoms with Crippen LogP contribution in [0.25, 0.3) is 70.4 Å². The smallest absolute Gasteiger partial charge is 0.250 e. The highest BCUT2D eigenvalue weighted by atomic mass is 19.2. The monoisotopic (exact) mass is 1120 g/mol. The molecule has 0 saturated heterocycles. The largest absolute Gasteiger partial charge is 0.262 e. The number of rotatable bonds is 6. The molecular weight excluding hydrogens is 1110 g/mol. The molecule has 3 aliphatic rings. The van der Waals surface area contributed by atoms with Gasteiger partial charge in [0.1, 0.15) is 46.1 Å². The van der Waals surface area contributed by atoms with Crippen LogP contribution in [-0.2, 0) is 0 Å². The van der Waals surface area contributed by atoms with Gasteiger partial charge in [-0.1, -0.05) is 6.07 Å². The first kappa shape index (κ1) is 53.8. The number of nitriles is 4. The third-order valence-corrected chi connectivity index (χ3v) is 12.4. The summed E-state index contributed by atoms with van der Waals surface area (Å²) in [6.07, 6.45) is 0. The van der Waals surface area contributed by atoms with Crippen molar-refractivity contribution >= 4 is 33.9 Å². The van der Waals surface area contributed by atoms with E-state index in [1.165, 1.54) is 12.1 Å². The third-order valence-electron chi connectivity index (χ3n) is 12.4. The van der Waals surface area contributed by atoms with Crippen LogP contribution in [-0.4, -0.2) is 15.0 Å². The summed E-state index contributed by atoms with van der Waals surface area (Å²) in [6.45, 7) is 30.5. The van der Waals surface area contributed by atoms with E-state index in [2.05, 4.69) is 64.3 Å². The zero-order valence-corrected chi connectivity index (χ0v) is 40.1. The number of allylic oxidation sites excluding steroid dienone is 2. The number of benzene rings is 6. The van der Waals surface area contributed by atoms with Gasteiger partial charge in [-0.3, -0.25) is 4.99 Å². The Morgan fingerprint density at radius 3 is 1.10 bits per heavy atom. The van der Waals surface area contributed by atoms with Crippen LogP contribution >= 0.6 is 0 Å². The predicted octanol–water partition coefficient (Wildman–Crippen LogP) is 9.03. The number of halogens is 12. The van der Waals surface area contributed by atoms with Gasteiger partial charge in [0.25, 0.3) is 11.4 Å². The molecule has 0 saturated carbocycles. The van der Waals surface area contributed by atoms with Gasteiger partial charge in [0, 0.05) is 22.3 Å². The van der Waals surface area contributed by atoms with Gasteiger partial charge in [-0.05, 0) is 37.3 Å². The van der Waals surface area contributed by atoms with Crippen LogP contribution < -0.4 is 32.1 Å². The quantitative estimate of drug-likeness (QED) is 0.0679. The Morgan fingerprint density at radius 2 is 0.735 bits per heavy atom. The molecule has 3 aliphatic heterocycles. The normalized spacial score (nSPS) is 14.0. The molecule has 394 valence electrons. The van der Waals surface area contributed by atoms with Crippen LogP contribution in [0.4, 0.5) is 69.7 Å². The molecule has 0 spiro atoms. The minimum atomic E-state index is -2.17. The second-order valence-corrected chi connectivity index (χ2v) is 16.7. The Balaban J connectivity index is 1.23. The number of hydrogen-bond donors (Lipinski definition) is 0. The topological polar surface area (TPSA) is 225 Å². The summed E-state index contributed by atoms with van der Waals surface area (Å²) in [6, 6.07) is 13.0. The maximum absolute atomic E-state index is 15.3. The molecule has 0 bridgehead atoms. The first-order valence-corrected chi connectivity index (χ1v) is 22.2. The minimum absolute atomic E-state index is 0.257. The molecule has 29 heteroatoms. The average molecular weight is 1120 g/mol. The van der Waals surface area contributed by atoms with E-state index >= 15 is 26.3 Å². The molecule has 0 amide bonds. The van der Waals surface area contributed by atoms with E-state index in [0.717, 1.165) is 43.3 Å². The minimum Gasteiger partial charge on any atom is -0.250 e. The van der Waals surface area contributed by atoms with Gasteiger partial charge in [0.05, 0.1) is 75.5 Å². The fourth-order valence-corrected chi connectivity index (χ4v) is 8.51. The first-order chi connectivity index (χ1) is 39.7. The van der Waals surface area contributed by atoms with Crippen LogP contribution in [0.5, 0.6) is 0 Å². The molecule has 0 unspecified atom stereocenters. The van der Waals surface area contributed by atoms with E-state index in [0.29, 0.717) is 0 Å². The van der Waals surface area contributed by atoms with E-state index in [1.807, 2.05) is 12.1 Å². The molecule has 0 N–H and O–H groups in total. The number of hydrogen-bond acceptors (Lipinski definition) is 13. The predicted molar refractivity (Wildman–Crippen MR) is 253 cm³/mol. The highest BCUT2D eigenvalue weighted by Gasteiger charge is 2.34. The highest BCUT2D eigenvalue weighted by molar-refractivity contribution is 5.84. The lowest BCUT2D eigenvalue weighted by Crippen LogP contribution is -2.26. The Kier molecular flexibility index (Phi) is 13.0. The summed E-state index contributed by atoms with van der Waals surface area (Å²) in [4.78, 5) is 49.2. The Hall–Kier alpha value is -12.6. The molecule has 0 radical (unpaired) electrons. The third kappa shape index (κ3) is 8.02. The van der Waals surface area contributed by atoms with E-state index in [1.54, 1.807) is 0 Å². The second kappa shape index (κ2) is 20.0. The summed E-state index contributed by atoms with van der Waals surface area (Å²) in [5.74, 6) is -29.2. The Bertz CT molecular complexity index is 4940. The van der Waals surface area contributed by atoms with Gasteiger partial charge >= 0.3 is 0 Å². The first-order valence-electron chi connectivity index (χ1n) is 22.2. The number of aromatic nitrogens is 3. The molecule has 1 aromatic heterocycles. The van der Waals surface area contributed by atoms with E-state index in [4.69, 9.17) is 26.3 Å². The molecule has 4 heterocycles. The molecule has 7 aromatic rings. The molecular formula is C54H9F12N17. The van der Waals surface area contributed by atoms with Crippen molar-refractivity contribution in [1.29, 1.82) is 21.0 Å². The average Bonchev–Trinajstić information content (AvgIpc) is 2.61. The van der Waals surface area contributed by atoms with Gasteiger partial charge < -0.3 is 0 Å². The molecule has 83 heavy (non-hydrogen) atoms.